The molecule has 0 saturated heterocycles. The molecule has 1 rings (SSSR count). The van der Waals surface area contributed by atoms with Gasteiger partial charge < -0.3 is 8.85 Å². The van der Waals surface area contributed by atoms with Crippen molar-refractivity contribution in [2.45, 2.75) is 43.7 Å². The van der Waals surface area contributed by atoms with Crippen LogP contribution in [0, 0.1) is 0 Å². The van der Waals surface area contributed by atoms with E-state index in [-0.39, 0.29) is 0 Å². The van der Waals surface area contributed by atoms with Crippen LogP contribution in [0.25, 0.3) is 0 Å². The lowest BCUT2D eigenvalue weighted by Gasteiger charge is -2.32. The van der Waals surface area contributed by atoms with Gasteiger partial charge in [-0.1, -0.05) is 12.8 Å². The monoisotopic (exact) mass is 236 g/mol. The molecule has 0 unspecified atom stereocenters. The molecular formula is C10H21ClO2Si. The van der Waals surface area contributed by atoms with Gasteiger partial charge >= 0.3 is 8.56 Å². The van der Waals surface area contributed by atoms with Gasteiger partial charge in [-0.25, -0.2) is 0 Å². The fourth-order valence-corrected chi connectivity index (χ4v) is 6.47. The first-order valence-electron chi connectivity index (χ1n) is 5.45. The maximum atomic E-state index is 5.74. The number of alkyl halides is 1. The third-order valence-electron chi connectivity index (χ3n) is 3.33. The van der Waals surface area contributed by atoms with Crippen molar-refractivity contribution in [3.63, 3.8) is 0 Å². The van der Waals surface area contributed by atoms with Crippen molar-refractivity contribution in [1.29, 1.82) is 0 Å². The van der Waals surface area contributed by atoms with Gasteiger partial charge in [-0.15, -0.1) is 11.6 Å². The summed E-state index contributed by atoms with van der Waals surface area (Å²) in [5.74, 6) is 0.716. The van der Waals surface area contributed by atoms with Crippen LogP contribution in [0.1, 0.15) is 32.1 Å². The van der Waals surface area contributed by atoms with E-state index < -0.39 is 8.56 Å². The molecule has 0 aromatic rings. The van der Waals surface area contributed by atoms with Crippen molar-refractivity contribution in [3.05, 3.63) is 0 Å². The molecule has 1 aliphatic rings. The van der Waals surface area contributed by atoms with Gasteiger partial charge in [0.2, 0.25) is 0 Å². The van der Waals surface area contributed by atoms with Crippen molar-refractivity contribution in [2.24, 2.45) is 0 Å². The van der Waals surface area contributed by atoms with Crippen LogP contribution in [0.3, 0.4) is 0 Å². The Kier molecular flexibility index (Phi) is 5.45. The summed E-state index contributed by atoms with van der Waals surface area (Å²) >= 11 is 5.74. The van der Waals surface area contributed by atoms with Gasteiger partial charge in [0.25, 0.3) is 0 Å². The number of hydrogen-bond acceptors (Lipinski definition) is 2. The zero-order chi connectivity index (χ0) is 10.4. The molecule has 0 amide bonds. The van der Waals surface area contributed by atoms with Crippen LogP contribution < -0.4 is 0 Å². The highest BCUT2D eigenvalue weighted by molar-refractivity contribution is 6.69. The molecule has 0 aromatic carbocycles. The lowest BCUT2D eigenvalue weighted by Crippen LogP contribution is -2.44. The smallest absolute Gasteiger partial charge is 0.340 e. The minimum atomic E-state index is -1.92. The summed E-state index contributed by atoms with van der Waals surface area (Å²) < 4.78 is 11.5. The molecule has 1 saturated carbocycles. The van der Waals surface area contributed by atoms with E-state index in [1.54, 1.807) is 0 Å². The van der Waals surface area contributed by atoms with Crippen molar-refractivity contribution in [3.8, 4) is 0 Å². The molecule has 0 N–H and O–H groups in total. The molecule has 14 heavy (non-hydrogen) atoms. The van der Waals surface area contributed by atoms with Gasteiger partial charge in [-0.3, -0.25) is 0 Å². The quantitative estimate of drug-likeness (QED) is 0.521. The first kappa shape index (κ1) is 12.5. The van der Waals surface area contributed by atoms with Crippen molar-refractivity contribution in [1.82, 2.24) is 0 Å². The summed E-state index contributed by atoms with van der Waals surface area (Å²) in [6.45, 7) is 0. The molecule has 1 fully saturated rings. The van der Waals surface area contributed by atoms with Gasteiger partial charge in [-0.05, 0) is 25.3 Å². The van der Waals surface area contributed by atoms with Gasteiger partial charge in [0.15, 0.2) is 0 Å². The predicted molar refractivity (Wildman–Crippen MR) is 62.1 cm³/mol. The summed E-state index contributed by atoms with van der Waals surface area (Å²) in [5, 5.41) is 0. The molecule has 0 heterocycles. The van der Waals surface area contributed by atoms with E-state index >= 15 is 0 Å². The van der Waals surface area contributed by atoms with E-state index in [0.29, 0.717) is 11.4 Å². The summed E-state index contributed by atoms with van der Waals surface area (Å²) in [6.07, 6.45) is 6.28. The Morgan fingerprint density at radius 1 is 1.21 bits per heavy atom. The standard InChI is InChI=1S/C10H21ClO2Si/c1-12-14(13-2,9-5-8-11)10-6-3-4-7-10/h10H,3-9H2,1-2H3. The summed E-state index contributed by atoms with van der Waals surface area (Å²) in [7, 11) is 1.70. The maximum Gasteiger partial charge on any atom is 0.340 e. The lowest BCUT2D eigenvalue weighted by atomic mass is 10.4. The Bertz CT molecular complexity index is 156. The zero-order valence-electron chi connectivity index (χ0n) is 9.22. The van der Waals surface area contributed by atoms with Crippen molar-refractivity contribution >= 4 is 20.2 Å². The lowest BCUT2D eigenvalue weighted by molar-refractivity contribution is 0.227. The first-order chi connectivity index (χ1) is 6.79. The second kappa shape index (κ2) is 6.11. The molecule has 1 aliphatic carbocycles. The zero-order valence-corrected chi connectivity index (χ0v) is 11.0. The van der Waals surface area contributed by atoms with E-state index in [1.165, 1.54) is 25.7 Å². The molecule has 0 aromatic heterocycles. The number of halogens is 1. The van der Waals surface area contributed by atoms with Gasteiger partial charge in [-0.2, -0.15) is 0 Å². The Morgan fingerprint density at radius 3 is 2.21 bits per heavy atom. The van der Waals surface area contributed by atoms with Gasteiger partial charge in [0, 0.05) is 25.6 Å². The second-order valence-corrected chi connectivity index (χ2v) is 8.13. The molecule has 0 aliphatic heterocycles. The minimum absolute atomic E-state index is 0.695. The highest BCUT2D eigenvalue weighted by Crippen LogP contribution is 2.41. The third-order valence-corrected chi connectivity index (χ3v) is 7.85. The predicted octanol–water partition coefficient (Wildman–Crippen LogP) is 3.29. The molecular weight excluding hydrogens is 216 g/mol. The average molecular weight is 237 g/mol. The van der Waals surface area contributed by atoms with Crippen molar-refractivity contribution in [2.75, 3.05) is 20.1 Å². The summed E-state index contributed by atoms with van der Waals surface area (Å²) in [5.41, 5.74) is 0.695. The number of rotatable bonds is 6. The fourth-order valence-electron chi connectivity index (χ4n) is 2.50. The van der Waals surface area contributed by atoms with E-state index in [0.717, 1.165) is 12.5 Å². The highest BCUT2D eigenvalue weighted by atomic mass is 35.5. The van der Waals surface area contributed by atoms with E-state index in [2.05, 4.69) is 0 Å². The largest absolute Gasteiger partial charge is 0.397 e. The van der Waals surface area contributed by atoms with Crippen LogP contribution in [0.15, 0.2) is 0 Å². The molecule has 0 bridgehead atoms. The van der Waals surface area contributed by atoms with E-state index in [9.17, 15) is 0 Å². The normalized spacial score (nSPS) is 19.1. The van der Waals surface area contributed by atoms with Crippen molar-refractivity contribution < 1.29 is 8.85 Å². The molecule has 2 nitrogen and oxygen atoms in total. The Morgan fingerprint density at radius 2 is 1.79 bits per heavy atom. The maximum absolute atomic E-state index is 5.74. The summed E-state index contributed by atoms with van der Waals surface area (Å²) in [6, 6.07) is 1.05. The Hall–Kier alpha value is 0.427. The molecule has 4 heteroatoms. The molecule has 0 atom stereocenters. The average Bonchev–Trinajstić information content (AvgIpc) is 2.74. The second-order valence-electron chi connectivity index (χ2n) is 3.99. The minimum Gasteiger partial charge on any atom is -0.397 e. The Labute approximate surface area is 93.2 Å². The summed E-state index contributed by atoms with van der Waals surface area (Å²) in [4.78, 5) is 0. The van der Waals surface area contributed by atoms with Gasteiger partial charge in [0.05, 0.1) is 0 Å². The molecule has 0 radical (unpaired) electrons. The van der Waals surface area contributed by atoms with Crippen LogP contribution in [0.4, 0.5) is 0 Å². The number of hydrogen-bond donors (Lipinski definition) is 0. The van der Waals surface area contributed by atoms with Gasteiger partial charge in [0.1, 0.15) is 0 Å². The van der Waals surface area contributed by atoms with Crippen LogP contribution in [-0.4, -0.2) is 28.7 Å². The van der Waals surface area contributed by atoms with Crippen LogP contribution in [0.5, 0.6) is 0 Å². The molecule has 84 valence electrons. The van der Waals surface area contributed by atoms with E-state index in [4.69, 9.17) is 20.5 Å². The van der Waals surface area contributed by atoms with Crippen LogP contribution >= 0.6 is 11.6 Å². The SMILES string of the molecule is CO[Si](CCCCl)(OC)C1CCCC1. The Balaban J connectivity index is 2.57. The highest BCUT2D eigenvalue weighted by Gasteiger charge is 2.44. The van der Waals surface area contributed by atoms with E-state index in [1.807, 2.05) is 14.2 Å². The third kappa shape index (κ3) is 2.72. The van der Waals surface area contributed by atoms with Crippen LogP contribution in [-0.2, 0) is 8.85 Å². The first-order valence-corrected chi connectivity index (χ1v) is 8.09. The molecule has 0 spiro atoms. The fraction of sp³-hybridized carbons (Fsp3) is 1.00. The topological polar surface area (TPSA) is 18.5 Å². The van der Waals surface area contributed by atoms with Crippen LogP contribution in [0.2, 0.25) is 11.6 Å².